The quantitative estimate of drug-likeness (QED) is 0.850. The summed E-state index contributed by atoms with van der Waals surface area (Å²) in [6, 6.07) is 2.18. The van der Waals surface area contributed by atoms with E-state index in [0.29, 0.717) is 0 Å². The molecule has 0 radical (unpaired) electrons. The molecule has 0 amide bonds. The van der Waals surface area contributed by atoms with E-state index in [1.54, 1.807) is 0 Å². The number of rotatable bonds is 5. The smallest absolute Gasteiger partial charge is 0.160 e. The fourth-order valence-corrected chi connectivity index (χ4v) is 3.13. The highest BCUT2D eigenvalue weighted by molar-refractivity contribution is 5.56. The number of hydrogen-bond donors (Lipinski definition) is 0. The summed E-state index contributed by atoms with van der Waals surface area (Å²) in [5, 5.41) is 4.69. The van der Waals surface area contributed by atoms with Crippen LogP contribution in [0.1, 0.15) is 36.7 Å². The van der Waals surface area contributed by atoms with Crippen LogP contribution in [0, 0.1) is 13.8 Å². The standard InChI is InChI=1S/C17H27N5/c1-5-15-12-16(20(4)10-11-21-8-6-7-9-21)22-17(18-15)13(2)14(3)19-22/h12H,5-11H2,1-4H3. The molecule has 0 spiro atoms. The maximum Gasteiger partial charge on any atom is 0.160 e. The lowest BCUT2D eigenvalue weighted by atomic mass is 10.2. The summed E-state index contributed by atoms with van der Waals surface area (Å²) in [6.45, 7) is 11.0. The summed E-state index contributed by atoms with van der Waals surface area (Å²) < 4.78 is 2.01. The molecule has 1 aliphatic rings. The summed E-state index contributed by atoms with van der Waals surface area (Å²) in [7, 11) is 2.16. The Kier molecular flexibility index (Phi) is 4.34. The van der Waals surface area contributed by atoms with E-state index in [2.05, 4.69) is 48.8 Å². The molecule has 0 aliphatic carbocycles. The van der Waals surface area contributed by atoms with Gasteiger partial charge in [0.25, 0.3) is 0 Å². The highest BCUT2D eigenvalue weighted by Crippen LogP contribution is 2.21. The van der Waals surface area contributed by atoms with Gasteiger partial charge in [-0.1, -0.05) is 6.92 Å². The van der Waals surface area contributed by atoms with Gasteiger partial charge in [0.05, 0.1) is 5.69 Å². The number of likely N-dealkylation sites (N-methyl/N-ethyl adjacent to an activating group) is 1. The zero-order chi connectivity index (χ0) is 15.7. The van der Waals surface area contributed by atoms with E-state index in [-0.39, 0.29) is 0 Å². The minimum Gasteiger partial charge on any atom is -0.358 e. The maximum absolute atomic E-state index is 4.76. The normalized spacial score (nSPS) is 15.8. The predicted molar refractivity (Wildman–Crippen MR) is 90.8 cm³/mol. The number of likely N-dealkylation sites (tertiary alicyclic amines) is 1. The van der Waals surface area contributed by atoms with Crippen LogP contribution in [0.2, 0.25) is 0 Å². The monoisotopic (exact) mass is 301 g/mol. The molecule has 120 valence electrons. The van der Waals surface area contributed by atoms with E-state index >= 15 is 0 Å². The molecule has 5 heteroatoms. The third kappa shape index (κ3) is 2.82. The first-order valence-electron chi connectivity index (χ1n) is 8.39. The lowest BCUT2D eigenvalue weighted by Crippen LogP contribution is -2.32. The van der Waals surface area contributed by atoms with Gasteiger partial charge in [-0.25, -0.2) is 4.98 Å². The predicted octanol–water partition coefficient (Wildman–Crippen LogP) is 2.44. The molecule has 2 aromatic rings. The van der Waals surface area contributed by atoms with Crippen LogP contribution >= 0.6 is 0 Å². The molecule has 0 saturated carbocycles. The number of aromatic nitrogens is 3. The van der Waals surface area contributed by atoms with Gasteiger partial charge >= 0.3 is 0 Å². The van der Waals surface area contributed by atoms with Gasteiger partial charge < -0.3 is 9.80 Å². The van der Waals surface area contributed by atoms with Gasteiger partial charge in [-0.05, 0) is 46.2 Å². The molecular weight excluding hydrogens is 274 g/mol. The van der Waals surface area contributed by atoms with Crippen molar-refractivity contribution in [1.29, 1.82) is 0 Å². The third-order valence-corrected chi connectivity index (χ3v) is 4.79. The van der Waals surface area contributed by atoms with Crippen LogP contribution in [0.5, 0.6) is 0 Å². The van der Waals surface area contributed by atoms with Crippen molar-refractivity contribution >= 4 is 11.5 Å². The molecule has 0 aromatic carbocycles. The summed E-state index contributed by atoms with van der Waals surface area (Å²) in [4.78, 5) is 9.63. The second kappa shape index (κ2) is 6.24. The van der Waals surface area contributed by atoms with Crippen molar-refractivity contribution in [3.8, 4) is 0 Å². The Hall–Kier alpha value is -1.62. The van der Waals surface area contributed by atoms with Gasteiger partial charge in [0.2, 0.25) is 0 Å². The van der Waals surface area contributed by atoms with Gasteiger partial charge in [-0.15, -0.1) is 0 Å². The summed E-state index contributed by atoms with van der Waals surface area (Å²) >= 11 is 0. The Morgan fingerprint density at radius 1 is 1.23 bits per heavy atom. The Bertz CT molecular complexity index is 655. The van der Waals surface area contributed by atoms with Gasteiger partial charge in [-0.2, -0.15) is 9.61 Å². The largest absolute Gasteiger partial charge is 0.358 e. The van der Waals surface area contributed by atoms with Crippen LogP contribution in [-0.2, 0) is 6.42 Å². The minimum absolute atomic E-state index is 0.952. The van der Waals surface area contributed by atoms with E-state index < -0.39 is 0 Å². The molecule has 0 unspecified atom stereocenters. The molecule has 3 heterocycles. The van der Waals surface area contributed by atoms with Crippen molar-refractivity contribution in [3.05, 3.63) is 23.0 Å². The number of aryl methyl sites for hydroxylation is 3. The van der Waals surface area contributed by atoms with Crippen LogP contribution in [0.25, 0.3) is 5.65 Å². The van der Waals surface area contributed by atoms with Crippen molar-refractivity contribution in [2.45, 2.75) is 40.0 Å². The zero-order valence-electron chi connectivity index (χ0n) is 14.3. The highest BCUT2D eigenvalue weighted by Gasteiger charge is 2.16. The van der Waals surface area contributed by atoms with Crippen molar-refractivity contribution < 1.29 is 0 Å². The molecule has 3 rings (SSSR count). The van der Waals surface area contributed by atoms with E-state index in [1.807, 2.05) is 4.52 Å². The van der Waals surface area contributed by atoms with Gasteiger partial charge in [0.15, 0.2) is 5.65 Å². The van der Waals surface area contributed by atoms with E-state index in [0.717, 1.165) is 42.4 Å². The summed E-state index contributed by atoms with van der Waals surface area (Å²) in [5.41, 5.74) is 4.39. The van der Waals surface area contributed by atoms with Crippen LogP contribution in [-0.4, -0.2) is 52.7 Å². The number of nitrogens with zero attached hydrogens (tertiary/aromatic N) is 5. The first-order valence-corrected chi connectivity index (χ1v) is 8.39. The van der Waals surface area contributed by atoms with Crippen molar-refractivity contribution in [3.63, 3.8) is 0 Å². The van der Waals surface area contributed by atoms with E-state index in [9.17, 15) is 0 Å². The molecule has 0 bridgehead atoms. The van der Waals surface area contributed by atoms with Gasteiger partial charge in [-0.3, -0.25) is 0 Å². The topological polar surface area (TPSA) is 36.7 Å². The highest BCUT2D eigenvalue weighted by atomic mass is 15.3. The lowest BCUT2D eigenvalue weighted by molar-refractivity contribution is 0.346. The Morgan fingerprint density at radius 2 is 1.95 bits per heavy atom. The van der Waals surface area contributed by atoms with Crippen LogP contribution in [0.3, 0.4) is 0 Å². The second-order valence-corrected chi connectivity index (χ2v) is 6.38. The van der Waals surface area contributed by atoms with Gasteiger partial charge in [0, 0.05) is 37.5 Å². The van der Waals surface area contributed by atoms with E-state index in [1.165, 1.54) is 31.5 Å². The molecule has 1 saturated heterocycles. The fourth-order valence-electron chi connectivity index (χ4n) is 3.13. The molecule has 1 fully saturated rings. The molecule has 0 atom stereocenters. The fraction of sp³-hybridized carbons (Fsp3) is 0.647. The summed E-state index contributed by atoms with van der Waals surface area (Å²) in [5.74, 6) is 1.15. The molecule has 1 aliphatic heterocycles. The average Bonchev–Trinajstić information content (AvgIpc) is 3.13. The molecular formula is C17H27N5. The Labute approximate surface area is 132 Å². The number of fused-ring (bicyclic) bond motifs is 1. The van der Waals surface area contributed by atoms with Crippen LogP contribution < -0.4 is 4.90 Å². The maximum atomic E-state index is 4.76. The Morgan fingerprint density at radius 3 is 2.64 bits per heavy atom. The average molecular weight is 301 g/mol. The second-order valence-electron chi connectivity index (χ2n) is 6.38. The van der Waals surface area contributed by atoms with Crippen molar-refractivity contribution in [2.75, 3.05) is 38.1 Å². The number of hydrogen-bond acceptors (Lipinski definition) is 4. The Balaban J connectivity index is 1.88. The van der Waals surface area contributed by atoms with Gasteiger partial charge in [0.1, 0.15) is 5.82 Å². The zero-order valence-corrected chi connectivity index (χ0v) is 14.3. The van der Waals surface area contributed by atoms with Crippen LogP contribution in [0.15, 0.2) is 6.07 Å². The SMILES string of the molecule is CCc1cc(N(C)CCN2CCCC2)n2nc(C)c(C)c2n1. The minimum atomic E-state index is 0.952. The molecule has 22 heavy (non-hydrogen) atoms. The summed E-state index contributed by atoms with van der Waals surface area (Å²) in [6.07, 6.45) is 3.65. The third-order valence-electron chi connectivity index (χ3n) is 4.79. The lowest BCUT2D eigenvalue weighted by Gasteiger charge is -2.24. The van der Waals surface area contributed by atoms with Crippen molar-refractivity contribution in [2.24, 2.45) is 0 Å². The van der Waals surface area contributed by atoms with Crippen LogP contribution in [0.4, 0.5) is 5.82 Å². The first kappa shape index (κ1) is 15.3. The van der Waals surface area contributed by atoms with E-state index in [4.69, 9.17) is 4.98 Å². The molecule has 5 nitrogen and oxygen atoms in total. The first-order chi connectivity index (χ1) is 10.6. The molecule has 2 aromatic heterocycles. The van der Waals surface area contributed by atoms with Crippen molar-refractivity contribution in [1.82, 2.24) is 19.5 Å². The number of anilines is 1. The molecule has 0 N–H and O–H groups in total.